The Morgan fingerprint density at radius 2 is 1.73 bits per heavy atom. The molecule has 0 unspecified atom stereocenters. The van der Waals surface area contributed by atoms with Crippen molar-refractivity contribution in [3.05, 3.63) is 12.3 Å². The van der Waals surface area contributed by atoms with Crippen molar-refractivity contribution in [2.45, 2.75) is 0 Å². The topological polar surface area (TPSA) is 94.1 Å². The first-order valence-corrected chi connectivity index (χ1v) is 2.92. The van der Waals surface area contributed by atoms with Crippen LogP contribution in [0, 0.1) is 0 Å². The van der Waals surface area contributed by atoms with E-state index in [0.717, 1.165) is 12.3 Å². The average Bonchev–Trinajstić information content (AvgIpc) is 2.33. The zero-order valence-corrected chi connectivity index (χ0v) is 5.51. The van der Waals surface area contributed by atoms with Gasteiger partial charge in [-0.15, -0.1) is 0 Å². The van der Waals surface area contributed by atoms with E-state index in [4.69, 9.17) is 20.1 Å². The van der Waals surface area contributed by atoms with Crippen LogP contribution in [0.3, 0.4) is 0 Å². The molecule has 0 spiro atoms. The van der Waals surface area contributed by atoms with E-state index in [1.54, 1.807) is 0 Å². The molecule has 0 fully saturated rings. The standard InChI is InChI=1S/C4H6B2O5/c7-5(8)3-1-4(6(9)10)11-2-3/h1-2,7-10H. The van der Waals surface area contributed by atoms with Crippen molar-refractivity contribution in [2.24, 2.45) is 0 Å². The van der Waals surface area contributed by atoms with Gasteiger partial charge in [0.15, 0.2) is 0 Å². The van der Waals surface area contributed by atoms with Gasteiger partial charge in [-0.3, -0.25) is 0 Å². The minimum atomic E-state index is -1.72. The highest BCUT2D eigenvalue weighted by molar-refractivity contribution is 6.61. The highest BCUT2D eigenvalue weighted by Gasteiger charge is 2.20. The molecule has 0 amide bonds. The summed E-state index contributed by atoms with van der Waals surface area (Å²) in [5.74, 6) is 0. The minimum Gasteiger partial charge on any atom is -0.473 e. The van der Waals surface area contributed by atoms with Crippen LogP contribution in [0.2, 0.25) is 0 Å². The second-order valence-corrected chi connectivity index (χ2v) is 2.03. The number of furan rings is 1. The Morgan fingerprint density at radius 1 is 1.09 bits per heavy atom. The van der Waals surface area contributed by atoms with Crippen LogP contribution in [-0.2, 0) is 0 Å². The Kier molecular flexibility index (Phi) is 2.35. The summed E-state index contributed by atoms with van der Waals surface area (Å²) in [5.41, 5.74) is -0.0267. The predicted molar refractivity (Wildman–Crippen MR) is 38.4 cm³/mol. The molecule has 11 heavy (non-hydrogen) atoms. The van der Waals surface area contributed by atoms with Gasteiger partial charge in [-0.1, -0.05) is 0 Å². The Balaban J connectivity index is 2.82. The van der Waals surface area contributed by atoms with Crippen LogP contribution in [0.5, 0.6) is 0 Å². The summed E-state index contributed by atoms with van der Waals surface area (Å²) < 4.78 is 4.57. The summed E-state index contributed by atoms with van der Waals surface area (Å²) in [6.45, 7) is 0. The quantitative estimate of drug-likeness (QED) is 0.335. The third kappa shape index (κ3) is 1.84. The second kappa shape index (κ2) is 3.10. The summed E-state index contributed by atoms with van der Waals surface area (Å²) >= 11 is 0. The molecule has 0 bridgehead atoms. The first-order chi connectivity index (χ1) is 5.11. The number of hydrogen-bond donors (Lipinski definition) is 4. The van der Waals surface area contributed by atoms with Gasteiger partial charge in [0, 0.05) is 5.46 Å². The van der Waals surface area contributed by atoms with Gasteiger partial charge in [0.1, 0.15) is 5.66 Å². The molecule has 0 radical (unpaired) electrons. The highest BCUT2D eigenvalue weighted by atomic mass is 16.4. The van der Waals surface area contributed by atoms with Crippen molar-refractivity contribution in [3.8, 4) is 0 Å². The Labute approximate surface area is 63.2 Å². The predicted octanol–water partition coefficient (Wildman–Crippen LogP) is -3.36. The van der Waals surface area contributed by atoms with Gasteiger partial charge in [-0.2, -0.15) is 0 Å². The van der Waals surface area contributed by atoms with Gasteiger partial charge < -0.3 is 24.5 Å². The molecule has 0 aromatic carbocycles. The molecule has 4 N–H and O–H groups in total. The van der Waals surface area contributed by atoms with Crippen molar-refractivity contribution < 1.29 is 24.5 Å². The van der Waals surface area contributed by atoms with E-state index in [0.29, 0.717) is 0 Å². The zero-order chi connectivity index (χ0) is 8.43. The Bertz CT molecular complexity index is 210. The molecular weight excluding hydrogens is 150 g/mol. The van der Waals surface area contributed by atoms with Crippen molar-refractivity contribution in [1.29, 1.82) is 0 Å². The number of rotatable bonds is 2. The van der Waals surface area contributed by atoms with Gasteiger partial charge in [-0.25, -0.2) is 0 Å². The monoisotopic (exact) mass is 156 g/mol. The Morgan fingerprint density at radius 3 is 2.00 bits per heavy atom. The fraction of sp³-hybridized carbons (Fsp3) is 0. The van der Waals surface area contributed by atoms with E-state index in [9.17, 15) is 0 Å². The molecule has 1 aromatic heterocycles. The lowest BCUT2D eigenvalue weighted by molar-refractivity contribution is 0.409. The molecule has 58 valence electrons. The zero-order valence-electron chi connectivity index (χ0n) is 5.51. The summed E-state index contributed by atoms with van der Waals surface area (Å²) in [4.78, 5) is 0. The van der Waals surface area contributed by atoms with Gasteiger partial charge in [0.25, 0.3) is 0 Å². The molecule has 1 aromatic rings. The SMILES string of the molecule is OB(O)c1coc(B(O)O)c1. The molecule has 0 atom stereocenters. The van der Waals surface area contributed by atoms with E-state index in [1.807, 2.05) is 0 Å². The van der Waals surface area contributed by atoms with Crippen LogP contribution in [0.1, 0.15) is 0 Å². The van der Waals surface area contributed by atoms with Gasteiger partial charge in [0.05, 0.1) is 6.26 Å². The van der Waals surface area contributed by atoms with E-state index >= 15 is 0 Å². The molecule has 5 nitrogen and oxygen atoms in total. The molecule has 0 saturated heterocycles. The summed E-state index contributed by atoms with van der Waals surface area (Å²) in [7, 11) is -3.37. The first kappa shape index (κ1) is 8.35. The maximum absolute atomic E-state index is 8.55. The summed E-state index contributed by atoms with van der Waals surface area (Å²) in [6, 6.07) is 1.15. The average molecular weight is 156 g/mol. The second-order valence-electron chi connectivity index (χ2n) is 2.03. The lowest BCUT2D eigenvalue weighted by Crippen LogP contribution is -2.32. The molecule has 1 rings (SSSR count). The molecule has 7 heteroatoms. The largest absolute Gasteiger partial charge is 0.526 e. The lowest BCUT2D eigenvalue weighted by atomic mass is 9.79. The fourth-order valence-corrected chi connectivity index (χ4v) is 0.639. The van der Waals surface area contributed by atoms with Crippen LogP contribution in [0.4, 0.5) is 0 Å². The van der Waals surface area contributed by atoms with Crippen LogP contribution in [0.25, 0.3) is 0 Å². The highest BCUT2D eigenvalue weighted by Crippen LogP contribution is 1.83. The molecular formula is C4H6B2O5. The van der Waals surface area contributed by atoms with Crippen LogP contribution < -0.4 is 11.1 Å². The van der Waals surface area contributed by atoms with Crippen LogP contribution in [0.15, 0.2) is 16.7 Å². The molecule has 0 aliphatic rings. The van der Waals surface area contributed by atoms with Gasteiger partial charge >= 0.3 is 14.2 Å². The third-order valence-corrected chi connectivity index (χ3v) is 1.19. The minimum absolute atomic E-state index is 0.0908. The first-order valence-electron chi connectivity index (χ1n) is 2.92. The van der Waals surface area contributed by atoms with Crippen LogP contribution in [-0.4, -0.2) is 34.3 Å². The van der Waals surface area contributed by atoms with E-state index in [-0.39, 0.29) is 11.1 Å². The van der Waals surface area contributed by atoms with E-state index < -0.39 is 14.2 Å². The van der Waals surface area contributed by atoms with E-state index in [2.05, 4.69) is 4.42 Å². The smallest absolute Gasteiger partial charge is 0.473 e. The van der Waals surface area contributed by atoms with Crippen molar-refractivity contribution in [3.63, 3.8) is 0 Å². The Hall–Kier alpha value is -0.750. The fourth-order valence-electron chi connectivity index (χ4n) is 0.639. The van der Waals surface area contributed by atoms with Crippen molar-refractivity contribution in [2.75, 3.05) is 0 Å². The normalized spacial score (nSPS) is 9.82. The molecule has 0 saturated carbocycles. The molecule has 0 aliphatic carbocycles. The van der Waals surface area contributed by atoms with E-state index in [1.165, 1.54) is 0 Å². The lowest BCUT2D eigenvalue weighted by Gasteiger charge is -1.89. The van der Waals surface area contributed by atoms with Crippen molar-refractivity contribution >= 4 is 25.4 Å². The van der Waals surface area contributed by atoms with Gasteiger partial charge in [0.2, 0.25) is 0 Å². The maximum Gasteiger partial charge on any atom is 0.526 e. The number of hydrogen-bond acceptors (Lipinski definition) is 5. The molecule has 0 aliphatic heterocycles. The summed E-state index contributed by atoms with van der Waals surface area (Å²) in [6.07, 6.45) is 1.04. The molecule has 1 heterocycles. The van der Waals surface area contributed by atoms with Gasteiger partial charge in [-0.05, 0) is 6.07 Å². The third-order valence-electron chi connectivity index (χ3n) is 1.19. The van der Waals surface area contributed by atoms with Crippen LogP contribution >= 0.6 is 0 Å². The summed E-state index contributed by atoms with van der Waals surface area (Å²) in [5, 5.41) is 34.1. The maximum atomic E-state index is 8.55. The van der Waals surface area contributed by atoms with Crippen molar-refractivity contribution in [1.82, 2.24) is 0 Å².